The molecule has 1 saturated heterocycles. The first-order chi connectivity index (χ1) is 14.0. The minimum absolute atomic E-state index is 0.0972. The summed E-state index contributed by atoms with van der Waals surface area (Å²) in [7, 11) is 2.05. The van der Waals surface area contributed by atoms with E-state index in [-0.39, 0.29) is 23.3 Å². The van der Waals surface area contributed by atoms with Gasteiger partial charge in [-0.15, -0.1) is 11.3 Å². The summed E-state index contributed by atoms with van der Waals surface area (Å²) < 4.78 is 1.93. The summed E-state index contributed by atoms with van der Waals surface area (Å²) in [5, 5.41) is 9.18. The second-order valence-corrected chi connectivity index (χ2v) is 9.24. The van der Waals surface area contributed by atoms with Gasteiger partial charge in [-0.3, -0.25) is 9.59 Å². The van der Waals surface area contributed by atoms with Crippen molar-refractivity contribution < 1.29 is 9.90 Å². The molecule has 2 aromatic heterocycles. The molecule has 8 heteroatoms. The van der Waals surface area contributed by atoms with Crippen LogP contribution in [-0.4, -0.2) is 63.7 Å². The number of fused-ring (bicyclic) bond motifs is 4. The number of likely N-dealkylation sites (N-methyl/N-ethyl adjacent to an activating group) is 1. The minimum atomic E-state index is -0.446. The molecule has 0 spiro atoms. The molecule has 4 rings (SSSR count). The van der Waals surface area contributed by atoms with Crippen LogP contribution in [0.5, 0.6) is 0 Å². The van der Waals surface area contributed by atoms with Crippen molar-refractivity contribution in [2.75, 3.05) is 33.3 Å². The van der Waals surface area contributed by atoms with E-state index in [1.807, 2.05) is 30.1 Å². The normalized spacial score (nSPS) is 20.8. The lowest BCUT2D eigenvalue weighted by atomic mass is 9.83. The predicted molar refractivity (Wildman–Crippen MR) is 112 cm³/mol. The van der Waals surface area contributed by atoms with Gasteiger partial charge in [0.2, 0.25) is 5.91 Å². The lowest BCUT2D eigenvalue weighted by Gasteiger charge is -2.42. The van der Waals surface area contributed by atoms with Crippen molar-refractivity contribution in [3.05, 3.63) is 49.8 Å². The van der Waals surface area contributed by atoms with Crippen molar-refractivity contribution in [3.63, 3.8) is 0 Å². The number of thiazole rings is 1. The Morgan fingerprint density at radius 3 is 2.90 bits per heavy atom. The Hall–Kier alpha value is -2.03. The summed E-state index contributed by atoms with van der Waals surface area (Å²) in [4.78, 5) is 34.6. The third-order valence-corrected chi connectivity index (χ3v) is 7.17. The van der Waals surface area contributed by atoms with Gasteiger partial charge in [0.05, 0.1) is 11.2 Å². The lowest BCUT2D eigenvalue weighted by Crippen LogP contribution is -2.50. The highest BCUT2D eigenvalue weighted by Crippen LogP contribution is 2.35. The molecule has 0 aromatic carbocycles. The molecule has 0 aliphatic carbocycles. The number of hydrogen-bond donors (Lipinski definition) is 1. The number of nitrogens with zero attached hydrogens (tertiary/aromatic N) is 4. The third kappa shape index (κ3) is 4.15. The molecular weight excluding hydrogens is 388 g/mol. The maximum Gasteiger partial charge on any atom is 0.255 e. The molecule has 7 nitrogen and oxygen atoms in total. The monoisotopic (exact) mass is 416 g/mol. The van der Waals surface area contributed by atoms with Crippen LogP contribution in [-0.2, 0) is 24.3 Å². The van der Waals surface area contributed by atoms with E-state index in [2.05, 4.69) is 16.0 Å². The molecular formula is C21H28N4O3S. The fraction of sp³-hybridized carbons (Fsp3) is 0.571. The highest BCUT2D eigenvalue weighted by atomic mass is 32.1. The number of aryl methyl sites for hydroxylation is 1. The summed E-state index contributed by atoms with van der Waals surface area (Å²) >= 11 is 1.69. The van der Waals surface area contributed by atoms with Gasteiger partial charge >= 0.3 is 0 Å². The number of piperidine rings is 1. The van der Waals surface area contributed by atoms with Crippen molar-refractivity contribution in [2.45, 2.75) is 38.8 Å². The summed E-state index contributed by atoms with van der Waals surface area (Å²) in [6.45, 7) is 4.96. The zero-order valence-electron chi connectivity index (χ0n) is 17.0. The molecule has 2 aliphatic heterocycles. The van der Waals surface area contributed by atoms with Gasteiger partial charge in [0.15, 0.2) is 0 Å². The van der Waals surface area contributed by atoms with E-state index in [4.69, 9.17) is 0 Å². The number of rotatable bonds is 6. The number of carbonyl (C=O) groups is 1. The zero-order chi connectivity index (χ0) is 20.5. The van der Waals surface area contributed by atoms with Crippen LogP contribution in [0.1, 0.15) is 34.2 Å². The summed E-state index contributed by atoms with van der Waals surface area (Å²) in [5.74, 6) is 0.230. The van der Waals surface area contributed by atoms with E-state index >= 15 is 0 Å². The van der Waals surface area contributed by atoms with Crippen LogP contribution in [0.25, 0.3) is 0 Å². The van der Waals surface area contributed by atoms with Crippen LogP contribution in [0.2, 0.25) is 0 Å². The van der Waals surface area contributed by atoms with Crippen LogP contribution < -0.4 is 5.56 Å². The maximum atomic E-state index is 13.1. The first-order valence-electron chi connectivity index (χ1n) is 10.1. The second kappa shape index (κ2) is 8.38. The van der Waals surface area contributed by atoms with Crippen LogP contribution in [0.15, 0.2) is 22.4 Å². The Balaban J connectivity index is 1.47. The second-order valence-electron chi connectivity index (χ2n) is 8.30. The van der Waals surface area contributed by atoms with E-state index in [9.17, 15) is 14.7 Å². The standard InChI is InChI=1S/C21H28N4O3S/c1-14-19(29-13-22-14)5-6-23(2)10-16-3-4-18-17-7-15(9-25(18)21(16)28)8-24(11-17)20(27)12-26/h3-4,13,15,17,26H,5-12H2,1-2H3/t15-,17+/m0/s1. The molecule has 1 amide bonds. The Bertz CT molecular complexity index is 954. The molecule has 0 unspecified atom stereocenters. The van der Waals surface area contributed by atoms with E-state index < -0.39 is 6.61 Å². The predicted octanol–water partition coefficient (Wildman–Crippen LogP) is 1.23. The number of aliphatic hydroxyl groups is 1. The topological polar surface area (TPSA) is 78.7 Å². The molecule has 29 heavy (non-hydrogen) atoms. The van der Waals surface area contributed by atoms with Gasteiger partial charge in [-0.05, 0) is 38.8 Å². The van der Waals surface area contributed by atoms with Gasteiger partial charge in [0.1, 0.15) is 6.61 Å². The van der Waals surface area contributed by atoms with Crippen molar-refractivity contribution >= 4 is 17.2 Å². The number of hydrogen-bond acceptors (Lipinski definition) is 6. The van der Waals surface area contributed by atoms with Crippen LogP contribution in [0.4, 0.5) is 0 Å². The van der Waals surface area contributed by atoms with E-state index in [1.165, 1.54) is 4.88 Å². The summed E-state index contributed by atoms with van der Waals surface area (Å²) in [6, 6.07) is 4.02. The quantitative estimate of drug-likeness (QED) is 0.766. The molecule has 0 radical (unpaired) electrons. The highest BCUT2D eigenvalue weighted by molar-refractivity contribution is 7.09. The first kappa shape index (κ1) is 20.3. The SMILES string of the molecule is Cc1ncsc1CCN(C)Cc1ccc2n(c1=O)C[C@H]1C[C@@H]2CN(C(=O)CO)C1. The average molecular weight is 417 g/mol. The van der Waals surface area contributed by atoms with Gasteiger partial charge in [-0.25, -0.2) is 4.98 Å². The maximum absolute atomic E-state index is 13.1. The number of aliphatic hydroxyl groups excluding tert-OH is 1. The fourth-order valence-corrected chi connectivity index (χ4v) is 5.41. The van der Waals surface area contributed by atoms with Crippen molar-refractivity contribution in [1.82, 2.24) is 19.4 Å². The summed E-state index contributed by atoms with van der Waals surface area (Å²) in [6.07, 6.45) is 1.94. The molecule has 1 N–H and O–H groups in total. The molecule has 2 aliphatic rings. The Morgan fingerprint density at radius 2 is 2.17 bits per heavy atom. The molecule has 4 heterocycles. The van der Waals surface area contributed by atoms with Gasteiger partial charge in [0.25, 0.3) is 5.56 Å². The number of likely N-dealkylation sites (tertiary alicyclic amines) is 1. The lowest BCUT2D eigenvalue weighted by molar-refractivity contribution is -0.136. The summed E-state index contributed by atoms with van der Waals surface area (Å²) in [5.41, 5.74) is 4.92. The third-order valence-electron chi connectivity index (χ3n) is 6.18. The molecule has 2 aromatic rings. The van der Waals surface area contributed by atoms with Crippen molar-refractivity contribution in [3.8, 4) is 0 Å². The van der Waals surface area contributed by atoms with Crippen molar-refractivity contribution in [1.29, 1.82) is 0 Å². The fourth-order valence-electron chi connectivity index (χ4n) is 4.64. The zero-order valence-corrected chi connectivity index (χ0v) is 17.8. The van der Waals surface area contributed by atoms with Gasteiger partial charge < -0.3 is 19.5 Å². The van der Waals surface area contributed by atoms with Crippen LogP contribution in [0.3, 0.4) is 0 Å². The minimum Gasteiger partial charge on any atom is -0.387 e. The Morgan fingerprint density at radius 1 is 1.34 bits per heavy atom. The van der Waals surface area contributed by atoms with Crippen LogP contribution in [0, 0.1) is 12.8 Å². The molecule has 2 bridgehead atoms. The molecule has 0 saturated carbocycles. The largest absolute Gasteiger partial charge is 0.387 e. The van der Waals surface area contributed by atoms with Crippen molar-refractivity contribution in [2.24, 2.45) is 5.92 Å². The average Bonchev–Trinajstić information content (AvgIpc) is 3.13. The van der Waals surface area contributed by atoms with E-state index in [1.54, 1.807) is 16.2 Å². The van der Waals surface area contributed by atoms with E-state index in [0.717, 1.165) is 36.3 Å². The Labute approximate surface area is 174 Å². The molecule has 1 fully saturated rings. The van der Waals surface area contributed by atoms with E-state index in [0.29, 0.717) is 26.2 Å². The van der Waals surface area contributed by atoms with Crippen LogP contribution >= 0.6 is 11.3 Å². The highest BCUT2D eigenvalue weighted by Gasteiger charge is 2.36. The molecule has 2 atom stereocenters. The van der Waals surface area contributed by atoms with Gasteiger partial charge in [-0.2, -0.15) is 0 Å². The first-order valence-corrected chi connectivity index (χ1v) is 11.0. The molecule has 156 valence electrons. The van der Waals surface area contributed by atoms with Gasteiger partial charge in [-0.1, -0.05) is 6.07 Å². The number of pyridine rings is 1. The number of carbonyl (C=O) groups excluding carboxylic acids is 1. The number of amides is 1. The number of aromatic nitrogens is 2. The smallest absolute Gasteiger partial charge is 0.255 e. The van der Waals surface area contributed by atoms with Gasteiger partial charge in [0, 0.05) is 54.8 Å². The Kier molecular flexibility index (Phi) is 5.85.